The lowest BCUT2D eigenvalue weighted by Crippen LogP contribution is -2.48. The molecule has 4 aliphatic heterocycles. The van der Waals surface area contributed by atoms with Crippen molar-refractivity contribution in [2.45, 2.75) is 186 Å². The molecule has 2 amide bonds. The van der Waals surface area contributed by atoms with Crippen LogP contribution in [0.25, 0.3) is 0 Å². The van der Waals surface area contributed by atoms with E-state index in [1.54, 1.807) is 47.9 Å². The van der Waals surface area contributed by atoms with Crippen LogP contribution in [-0.4, -0.2) is 182 Å². The lowest BCUT2D eigenvalue weighted by atomic mass is 9.92. The number of hydrogen-bond acceptors (Lipinski definition) is 23. The predicted octanol–water partition coefficient (Wildman–Crippen LogP) is 13.0. The number of carbonyl (C=O) groups excluding carboxylic acids is 4. The highest BCUT2D eigenvalue weighted by Gasteiger charge is 2.59. The van der Waals surface area contributed by atoms with Gasteiger partial charge in [-0.05, 0) is 153 Å². The molecule has 10 rings (SSSR count). The number of aliphatic carboxylic acids is 1. The Hall–Kier alpha value is -10.6. The van der Waals surface area contributed by atoms with Crippen LogP contribution in [-0.2, 0) is 81.8 Å². The molecule has 8 heterocycles. The number of ether oxygens (including phenoxy) is 4. The number of aromatic nitrogens is 6. The maximum absolute atomic E-state index is 13.1. The van der Waals surface area contributed by atoms with E-state index >= 15 is 0 Å². The van der Waals surface area contributed by atoms with E-state index in [-0.39, 0.29) is 39.2 Å². The number of rotatable bonds is 19. The van der Waals surface area contributed by atoms with Gasteiger partial charge in [-0.15, -0.1) is 0 Å². The Labute approximate surface area is 646 Å². The van der Waals surface area contributed by atoms with Crippen molar-refractivity contribution in [2.24, 2.45) is 0 Å². The first-order valence-electron chi connectivity index (χ1n) is 35.6. The number of piperidine rings is 2. The SMILES string of the molecule is CCc1c(Cl)ncnc1NCC(NC(=O)OCc1ccccc1)C(=O)OC(C)(C)C.CCc1c(NCC(NC(=O)OCc2ccccc2)C(=O)OC(C)(C)C)ncnc1N1CCC(c2ccc3c(n2)NCCC3)CC1.FC(F)(F)C(F)(F)F.O=C(O)C(F)(F)F.O=CO.O=CO.c1cc2c(nc1C1CCNCC1)NCCC2. The van der Waals surface area contributed by atoms with Crippen molar-refractivity contribution in [1.82, 2.24) is 45.9 Å². The Bertz CT molecular complexity index is 3890. The highest BCUT2D eigenvalue weighted by molar-refractivity contribution is 6.30. The number of carbonyl (C=O) groups is 7. The van der Waals surface area contributed by atoms with Crippen molar-refractivity contribution in [1.29, 1.82) is 0 Å². The Morgan fingerprint density at radius 2 is 0.955 bits per heavy atom. The van der Waals surface area contributed by atoms with E-state index in [2.05, 4.69) is 93.2 Å². The number of pyridine rings is 2. The molecular weight excluding hydrogens is 1520 g/mol. The van der Waals surface area contributed by atoms with Gasteiger partial charge >= 0.3 is 48.6 Å². The van der Waals surface area contributed by atoms with Gasteiger partial charge in [-0.1, -0.05) is 98.2 Å². The molecular formula is C74H96ClF9N14O14. The lowest BCUT2D eigenvalue weighted by Gasteiger charge is -2.34. The molecule has 2 fully saturated rings. The molecule has 2 saturated heterocycles. The zero-order valence-electron chi connectivity index (χ0n) is 63.1. The lowest BCUT2D eigenvalue weighted by molar-refractivity contribution is -0.339. The Kier molecular flexibility index (Phi) is 38.8. The van der Waals surface area contributed by atoms with Crippen LogP contribution in [0.1, 0.15) is 151 Å². The van der Waals surface area contributed by atoms with Crippen LogP contribution in [0.4, 0.5) is 78.2 Å². The summed E-state index contributed by atoms with van der Waals surface area (Å²) in [6.45, 7) is 20.4. The van der Waals surface area contributed by atoms with Crippen molar-refractivity contribution in [3.63, 3.8) is 0 Å². The molecule has 0 aliphatic carbocycles. The summed E-state index contributed by atoms with van der Waals surface area (Å²) in [6, 6.07) is 25.6. The van der Waals surface area contributed by atoms with Gasteiger partial charge in [-0.25, -0.2) is 53.9 Å². The molecule has 38 heteroatoms. The number of esters is 2. The van der Waals surface area contributed by atoms with E-state index in [1.165, 1.54) is 48.8 Å². The van der Waals surface area contributed by atoms with Crippen LogP contribution in [0.5, 0.6) is 0 Å². The third-order valence-electron chi connectivity index (χ3n) is 16.2. The number of alkyl carbamates (subject to hydrolysis) is 2. The monoisotopic (exact) mass is 1610 g/mol. The molecule has 2 atom stereocenters. The second kappa shape index (κ2) is 46.3. The summed E-state index contributed by atoms with van der Waals surface area (Å²) in [7, 11) is 0. The minimum atomic E-state index is -6.06. The topological polar surface area (TPSA) is 382 Å². The number of anilines is 5. The molecule has 6 aromatic rings. The van der Waals surface area contributed by atoms with Gasteiger partial charge in [0.15, 0.2) is 0 Å². The van der Waals surface area contributed by atoms with Crippen LogP contribution >= 0.6 is 11.6 Å². The smallest absolute Gasteiger partial charge is 0.483 e. The summed E-state index contributed by atoms with van der Waals surface area (Å²) in [4.78, 5) is 106. The summed E-state index contributed by atoms with van der Waals surface area (Å²) in [5.74, 6) is 1.34. The minimum absolute atomic E-state index is 0.0374. The van der Waals surface area contributed by atoms with Gasteiger partial charge in [-0.2, -0.15) is 39.5 Å². The first-order chi connectivity index (χ1) is 52.8. The molecule has 4 aliphatic rings. The van der Waals surface area contributed by atoms with Crippen LogP contribution < -0.4 is 42.1 Å². The van der Waals surface area contributed by atoms with E-state index in [0.717, 1.165) is 105 Å². The van der Waals surface area contributed by atoms with Crippen molar-refractivity contribution in [2.75, 3.05) is 78.5 Å². The Balaban J connectivity index is 0.000000335. The van der Waals surface area contributed by atoms with E-state index in [4.69, 9.17) is 70.2 Å². The third kappa shape index (κ3) is 33.9. The average molecular weight is 1610 g/mol. The number of hydrogen-bond donors (Lipinski definition) is 10. The molecule has 616 valence electrons. The van der Waals surface area contributed by atoms with E-state index < -0.39 is 71.9 Å². The number of carboxylic acids is 1. The molecule has 0 bridgehead atoms. The molecule has 2 unspecified atom stereocenters. The average Bonchev–Trinajstić information content (AvgIpc) is 0.800. The number of alkyl halides is 9. The van der Waals surface area contributed by atoms with E-state index in [0.29, 0.717) is 47.0 Å². The Morgan fingerprint density at radius 3 is 1.33 bits per heavy atom. The van der Waals surface area contributed by atoms with Gasteiger partial charge in [-0.3, -0.25) is 9.59 Å². The second-order valence-corrected chi connectivity index (χ2v) is 27.3. The zero-order valence-corrected chi connectivity index (χ0v) is 63.8. The molecule has 0 radical (unpaired) electrons. The van der Waals surface area contributed by atoms with Crippen molar-refractivity contribution >= 4 is 83.7 Å². The van der Waals surface area contributed by atoms with Gasteiger partial charge < -0.3 is 76.4 Å². The molecule has 4 aromatic heterocycles. The maximum Gasteiger partial charge on any atom is 0.490 e. The first kappa shape index (κ1) is 93.8. The van der Waals surface area contributed by atoms with E-state index in [9.17, 15) is 58.7 Å². The van der Waals surface area contributed by atoms with Crippen LogP contribution in [0.3, 0.4) is 0 Å². The molecule has 10 N–H and O–H groups in total. The second-order valence-electron chi connectivity index (χ2n) is 26.9. The zero-order chi connectivity index (χ0) is 83.2. The summed E-state index contributed by atoms with van der Waals surface area (Å²) in [5.41, 5.74) is 7.07. The minimum Gasteiger partial charge on any atom is -0.483 e. The molecule has 0 saturated carbocycles. The number of carboxylic acid groups (broad SMARTS) is 3. The third-order valence-corrected chi connectivity index (χ3v) is 16.6. The number of aryl methyl sites for hydroxylation is 2. The first-order valence-corrected chi connectivity index (χ1v) is 36.0. The fraction of sp³-hybridized carbons (Fsp3) is 0.500. The highest BCUT2D eigenvalue weighted by atomic mass is 35.5. The number of fused-ring (bicyclic) bond motifs is 2. The molecule has 112 heavy (non-hydrogen) atoms. The predicted molar refractivity (Wildman–Crippen MR) is 398 cm³/mol. The number of halogens is 10. The van der Waals surface area contributed by atoms with Crippen molar-refractivity contribution < 1.29 is 107 Å². The Morgan fingerprint density at radius 1 is 0.571 bits per heavy atom. The highest BCUT2D eigenvalue weighted by Crippen LogP contribution is 2.37. The molecule has 0 spiro atoms. The van der Waals surface area contributed by atoms with Gasteiger partial charge in [0.05, 0.1) is 0 Å². The summed E-state index contributed by atoms with van der Waals surface area (Å²) < 4.78 is 116. The number of nitrogens with zero attached hydrogens (tertiary/aromatic N) is 7. The van der Waals surface area contributed by atoms with Gasteiger partial charge in [0.25, 0.3) is 12.9 Å². The number of amides is 2. The van der Waals surface area contributed by atoms with Crippen molar-refractivity contribution in [3.8, 4) is 0 Å². The summed E-state index contributed by atoms with van der Waals surface area (Å²) in [6.07, 6.45) is -5.39. The molecule has 2 aromatic carbocycles. The summed E-state index contributed by atoms with van der Waals surface area (Å²) >= 11 is 6.11. The maximum atomic E-state index is 13.1. The van der Waals surface area contributed by atoms with Crippen LogP contribution in [0.2, 0.25) is 5.15 Å². The number of benzene rings is 2. The largest absolute Gasteiger partial charge is 0.490 e. The van der Waals surface area contributed by atoms with E-state index in [1.807, 2.05) is 67.6 Å². The van der Waals surface area contributed by atoms with Gasteiger partial charge in [0.1, 0.15) is 83.4 Å². The van der Waals surface area contributed by atoms with Gasteiger partial charge in [0, 0.05) is 73.6 Å². The molecule has 28 nitrogen and oxygen atoms in total. The van der Waals surface area contributed by atoms with Crippen LogP contribution in [0.15, 0.2) is 97.6 Å². The van der Waals surface area contributed by atoms with Crippen molar-refractivity contribution in [3.05, 3.63) is 148 Å². The fourth-order valence-electron chi connectivity index (χ4n) is 11.0. The summed E-state index contributed by atoms with van der Waals surface area (Å²) in [5, 5.41) is 43.1. The quantitative estimate of drug-likeness (QED) is 0.0118. The standard InChI is InChI=1S/C34H45N7O4.C21H27ClN4O4.C13H19N3.C2F6.C2HF3O2.2CH2O2/c1-5-26-30(36-20-28(32(42)45-34(2,3)4)40-33(43)44-21-23-10-7-6-8-11-23)37-22-38-31(26)41-18-15-24(16-19-41)27-14-13-25-12-9-17-35-29(25)39-27;1-5-15-17(22)24-13-25-18(15)23-11-16(19(27)30-21(2,3)4)26-20(28)29-12-14-9-7-6-8-10-14;1-2-11-3-4-12(16-13(11)15-7-1)10-5-8-14-9-6-10;3-1(4,5)2(6,7)8;3-2(4,5)1(6)7;2*2-1-3/h6-8,10-11,13-14,22,24,28H,5,9,12,15-21H2,1-4H3,(H,35,39)(H,40,43)(H,36,37,38);6-10,13,16H,5,11-12H2,1-4H3,(H,26,28)(H,23,24,25);3-4,10,14H,1-2,5-9H2,(H,15,16);;(H,6,7);2*1H,(H,2,3). The van der Waals surface area contributed by atoms with Gasteiger partial charge in [0.2, 0.25) is 0 Å². The normalized spacial score (nSPS) is 14.5. The van der Waals surface area contributed by atoms with Crippen LogP contribution in [0, 0.1) is 0 Å². The number of nitrogens with one attached hydrogen (secondary N) is 7. The fourth-order valence-corrected chi connectivity index (χ4v) is 11.3.